The predicted molar refractivity (Wildman–Crippen MR) is 68.7 cm³/mol. The zero-order valence-electron chi connectivity index (χ0n) is 10.8. The number of carbonyl (C=O) groups is 1. The maximum absolute atomic E-state index is 11.7. The maximum atomic E-state index is 11.7. The van der Waals surface area contributed by atoms with Crippen LogP contribution in [0.15, 0.2) is 12.1 Å². The molecule has 0 radical (unpaired) electrons. The van der Waals surface area contributed by atoms with Crippen LogP contribution in [0.5, 0.6) is 0 Å². The fourth-order valence-corrected chi connectivity index (χ4v) is 1.92. The van der Waals surface area contributed by atoms with Crippen LogP contribution in [0, 0.1) is 20.8 Å². The predicted octanol–water partition coefficient (Wildman–Crippen LogP) is 1.72. The van der Waals surface area contributed by atoms with Crippen molar-refractivity contribution in [2.75, 3.05) is 0 Å². The molecule has 92 valence electrons. The summed E-state index contributed by atoms with van der Waals surface area (Å²) in [6.45, 7) is 6.84. The summed E-state index contributed by atoms with van der Waals surface area (Å²) in [5, 5.41) is 2.92. The van der Waals surface area contributed by atoms with Crippen molar-refractivity contribution in [3.63, 3.8) is 0 Å². The first-order valence-electron chi connectivity index (χ1n) is 6.06. The van der Waals surface area contributed by atoms with Gasteiger partial charge in [0.25, 0.3) is 0 Å². The standard InChI is InChI=1S/C14H20N2O/c1-9-6-11(3)12(7-10(9)2)8-16-13(17)14(15)4-5-14/h6-7H,4-5,8,15H2,1-3H3,(H,16,17). The fourth-order valence-electron chi connectivity index (χ4n) is 1.92. The molecule has 0 aromatic heterocycles. The van der Waals surface area contributed by atoms with E-state index in [1.807, 2.05) is 0 Å². The van der Waals surface area contributed by atoms with Crippen molar-refractivity contribution in [3.8, 4) is 0 Å². The molecule has 1 amide bonds. The second-order valence-corrected chi connectivity index (χ2v) is 5.20. The molecule has 17 heavy (non-hydrogen) atoms. The van der Waals surface area contributed by atoms with Crippen LogP contribution in [0.1, 0.15) is 35.1 Å². The summed E-state index contributed by atoms with van der Waals surface area (Å²) in [5.74, 6) is -0.0184. The van der Waals surface area contributed by atoms with E-state index < -0.39 is 5.54 Å². The van der Waals surface area contributed by atoms with Crippen LogP contribution in [-0.2, 0) is 11.3 Å². The summed E-state index contributed by atoms with van der Waals surface area (Å²) in [4.78, 5) is 11.7. The normalized spacial score (nSPS) is 16.7. The van der Waals surface area contributed by atoms with Crippen LogP contribution in [-0.4, -0.2) is 11.4 Å². The number of nitrogens with two attached hydrogens (primary N) is 1. The minimum Gasteiger partial charge on any atom is -0.350 e. The van der Waals surface area contributed by atoms with Gasteiger partial charge in [0.2, 0.25) is 5.91 Å². The van der Waals surface area contributed by atoms with Crippen LogP contribution in [0.3, 0.4) is 0 Å². The summed E-state index contributed by atoms with van der Waals surface area (Å²) >= 11 is 0. The van der Waals surface area contributed by atoms with Gasteiger partial charge in [-0.1, -0.05) is 12.1 Å². The van der Waals surface area contributed by atoms with E-state index in [1.165, 1.54) is 22.3 Å². The third-order valence-electron chi connectivity index (χ3n) is 3.63. The van der Waals surface area contributed by atoms with Gasteiger partial charge in [-0.05, 0) is 55.9 Å². The van der Waals surface area contributed by atoms with Crippen molar-refractivity contribution in [2.45, 2.75) is 45.7 Å². The average molecular weight is 232 g/mol. The molecule has 0 heterocycles. The molecule has 1 aromatic rings. The summed E-state index contributed by atoms with van der Waals surface area (Å²) < 4.78 is 0. The van der Waals surface area contributed by atoms with Gasteiger partial charge in [-0.2, -0.15) is 0 Å². The number of nitrogens with one attached hydrogen (secondary N) is 1. The van der Waals surface area contributed by atoms with Gasteiger partial charge in [0.05, 0.1) is 5.54 Å². The zero-order valence-corrected chi connectivity index (χ0v) is 10.8. The lowest BCUT2D eigenvalue weighted by Crippen LogP contribution is -2.42. The van der Waals surface area contributed by atoms with E-state index in [9.17, 15) is 4.79 Å². The molecule has 0 unspecified atom stereocenters. The minimum atomic E-state index is -0.576. The molecular formula is C14H20N2O. The maximum Gasteiger partial charge on any atom is 0.240 e. The van der Waals surface area contributed by atoms with E-state index in [0.717, 1.165) is 12.8 Å². The monoisotopic (exact) mass is 232 g/mol. The Kier molecular flexibility index (Phi) is 2.96. The first-order valence-corrected chi connectivity index (χ1v) is 6.06. The Hall–Kier alpha value is -1.35. The molecule has 3 N–H and O–H groups in total. The smallest absolute Gasteiger partial charge is 0.240 e. The first-order chi connectivity index (χ1) is 7.92. The van der Waals surface area contributed by atoms with Crippen molar-refractivity contribution < 1.29 is 4.79 Å². The molecule has 1 aliphatic carbocycles. The summed E-state index contributed by atoms with van der Waals surface area (Å²) in [7, 11) is 0. The number of amides is 1. The third kappa shape index (κ3) is 2.50. The highest BCUT2D eigenvalue weighted by Crippen LogP contribution is 2.32. The van der Waals surface area contributed by atoms with E-state index in [1.54, 1.807) is 0 Å². The zero-order chi connectivity index (χ0) is 12.6. The van der Waals surface area contributed by atoms with Crippen molar-refractivity contribution in [1.82, 2.24) is 5.32 Å². The molecule has 1 aromatic carbocycles. The molecule has 0 saturated heterocycles. The number of hydrogen-bond acceptors (Lipinski definition) is 2. The molecule has 1 saturated carbocycles. The van der Waals surface area contributed by atoms with Gasteiger partial charge < -0.3 is 11.1 Å². The third-order valence-corrected chi connectivity index (χ3v) is 3.63. The number of carbonyl (C=O) groups excluding carboxylic acids is 1. The summed E-state index contributed by atoms with van der Waals surface area (Å²) in [6.07, 6.45) is 1.62. The van der Waals surface area contributed by atoms with Crippen molar-refractivity contribution >= 4 is 5.91 Å². The van der Waals surface area contributed by atoms with Crippen LogP contribution < -0.4 is 11.1 Å². The molecule has 0 bridgehead atoms. The molecule has 3 nitrogen and oxygen atoms in total. The first kappa shape index (κ1) is 12.1. The van der Waals surface area contributed by atoms with E-state index >= 15 is 0 Å². The number of hydrogen-bond donors (Lipinski definition) is 2. The number of aryl methyl sites for hydroxylation is 3. The molecule has 0 aliphatic heterocycles. The summed E-state index contributed by atoms with van der Waals surface area (Å²) in [5.41, 5.74) is 10.2. The fraction of sp³-hybridized carbons (Fsp3) is 0.500. The van der Waals surface area contributed by atoms with Crippen LogP contribution in [0.2, 0.25) is 0 Å². The second kappa shape index (κ2) is 4.15. The summed E-state index contributed by atoms with van der Waals surface area (Å²) in [6, 6.07) is 4.30. The highest BCUT2D eigenvalue weighted by atomic mass is 16.2. The highest BCUT2D eigenvalue weighted by Gasteiger charge is 2.45. The largest absolute Gasteiger partial charge is 0.350 e. The highest BCUT2D eigenvalue weighted by molar-refractivity contribution is 5.88. The minimum absolute atomic E-state index is 0.0184. The lowest BCUT2D eigenvalue weighted by molar-refractivity contribution is -0.123. The van der Waals surface area contributed by atoms with Gasteiger partial charge in [-0.15, -0.1) is 0 Å². The van der Waals surface area contributed by atoms with E-state index in [-0.39, 0.29) is 5.91 Å². The molecule has 1 fully saturated rings. The van der Waals surface area contributed by atoms with E-state index in [0.29, 0.717) is 6.54 Å². The van der Waals surface area contributed by atoms with Gasteiger partial charge >= 0.3 is 0 Å². The van der Waals surface area contributed by atoms with Crippen molar-refractivity contribution in [2.24, 2.45) is 5.73 Å². The van der Waals surface area contributed by atoms with Gasteiger partial charge in [0.1, 0.15) is 0 Å². The molecule has 1 aliphatic rings. The van der Waals surface area contributed by atoms with Crippen LogP contribution in [0.4, 0.5) is 0 Å². The Balaban J connectivity index is 2.04. The van der Waals surface area contributed by atoms with Crippen molar-refractivity contribution in [3.05, 3.63) is 34.4 Å². The van der Waals surface area contributed by atoms with Crippen LogP contribution >= 0.6 is 0 Å². The Morgan fingerprint density at radius 2 is 1.82 bits per heavy atom. The van der Waals surface area contributed by atoms with E-state index in [2.05, 4.69) is 38.2 Å². The topological polar surface area (TPSA) is 55.1 Å². The van der Waals surface area contributed by atoms with Crippen LogP contribution in [0.25, 0.3) is 0 Å². The van der Waals surface area contributed by atoms with E-state index in [4.69, 9.17) is 5.73 Å². The Morgan fingerprint density at radius 3 is 2.41 bits per heavy atom. The molecular weight excluding hydrogens is 212 g/mol. The quantitative estimate of drug-likeness (QED) is 0.833. The Bertz CT molecular complexity index is 462. The van der Waals surface area contributed by atoms with Crippen molar-refractivity contribution in [1.29, 1.82) is 0 Å². The number of benzene rings is 1. The Morgan fingerprint density at radius 1 is 1.24 bits per heavy atom. The van der Waals surface area contributed by atoms with Gasteiger partial charge in [-0.3, -0.25) is 4.79 Å². The molecule has 0 atom stereocenters. The Labute approximate surface area is 102 Å². The van der Waals surface area contributed by atoms with Gasteiger partial charge in [0.15, 0.2) is 0 Å². The lowest BCUT2D eigenvalue weighted by Gasteiger charge is -2.13. The number of rotatable bonds is 3. The second-order valence-electron chi connectivity index (χ2n) is 5.20. The molecule has 0 spiro atoms. The average Bonchev–Trinajstić information content (AvgIpc) is 3.01. The molecule has 2 rings (SSSR count). The SMILES string of the molecule is Cc1cc(C)c(CNC(=O)C2(N)CC2)cc1C. The van der Waals surface area contributed by atoms with Gasteiger partial charge in [-0.25, -0.2) is 0 Å². The lowest BCUT2D eigenvalue weighted by atomic mass is 10.0. The molecule has 3 heteroatoms. The van der Waals surface area contributed by atoms with Gasteiger partial charge in [0, 0.05) is 6.54 Å².